The van der Waals surface area contributed by atoms with Crippen LogP contribution in [0.25, 0.3) is 5.70 Å². The highest BCUT2D eigenvalue weighted by Crippen LogP contribution is 2.40. The van der Waals surface area contributed by atoms with Gasteiger partial charge in [-0.2, -0.15) is 10.4 Å². The van der Waals surface area contributed by atoms with Crippen LogP contribution in [0.2, 0.25) is 0 Å². The van der Waals surface area contributed by atoms with Crippen LogP contribution in [0, 0.1) is 17.2 Å². The molecule has 0 amide bonds. The number of rotatable bonds is 2. The number of carbonyl (C=O) groups is 1. The second-order valence-corrected chi connectivity index (χ2v) is 5.72. The number of allylic oxidation sites excluding steroid dienone is 2. The van der Waals surface area contributed by atoms with Crippen LogP contribution in [0.4, 0.5) is 0 Å². The molecule has 2 aliphatic rings. The Balaban J connectivity index is 2.18. The molecule has 0 saturated heterocycles. The molecule has 0 radical (unpaired) electrons. The molecule has 0 aliphatic carbocycles. The van der Waals surface area contributed by atoms with E-state index in [2.05, 4.69) is 11.2 Å². The lowest BCUT2D eigenvalue weighted by atomic mass is 9.83. The van der Waals surface area contributed by atoms with E-state index in [9.17, 15) is 10.1 Å². The number of fused-ring (bicyclic) bond motifs is 1. The van der Waals surface area contributed by atoms with Gasteiger partial charge in [-0.15, -0.1) is 0 Å². The molecule has 0 aromatic heterocycles. The third kappa shape index (κ3) is 2.06. The topological polar surface area (TPSA) is 56.5 Å². The maximum atomic E-state index is 12.1. The second-order valence-electron chi connectivity index (χ2n) is 5.72. The van der Waals surface area contributed by atoms with E-state index in [1.165, 1.54) is 0 Å². The minimum atomic E-state index is -0.350. The molecule has 0 fully saturated rings. The van der Waals surface area contributed by atoms with Crippen molar-refractivity contribution in [3.8, 4) is 6.07 Å². The van der Waals surface area contributed by atoms with E-state index >= 15 is 0 Å². The van der Waals surface area contributed by atoms with Crippen molar-refractivity contribution in [2.75, 3.05) is 0 Å². The molecule has 0 N–H and O–H groups in total. The predicted octanol–water partition coefficient (Wildman–Crippen LogP) is 3.15. The van der Waals surface area contributed by atoms with E-state index in [1.54, 1.807) is 6.92 Å². The summed E-state index contributed by atoms with van der Waals surface area (Å²) in [6.45, 7) is 5.35. The number of carbonyl (C=O) groups excluding carboxylic acids is 1. The summed E-state index contributed by atoms with van der Waals surface area (Å²) >= 11 is 0. The van der Waals surface area contributed by atoms with Gasteiger partial charge in [0.2, 0.25) is 0 Å². The SMILES string of the molecule is CC(=O)C1C(C)=NN2C(c3ccccc3)=CC(C)=C(C#N)C12. The Bertz CT molecular complexity index is 765. The number of hydrazone groups is 1. The third-order valence-electron chi connectivity index (χ3n) is 4.24. The van der Waals surface area contributed by atoms with Gasteiger partial charge in [0.1, 0.15) is 11.8 Å². The quantitative estimate of drug-likeness (QED) is 0.841. The van der Waals surface area contributed by atoms with E-state index in [0.29, 0.717) is 5.57 Å². The van der Waals surface area contributed by atoms with Gasteiger partial charge in [0.25, 0.3) is 0 Å². The number of hydrogen-bond acceptors (Lipinski definition) is 4. The first-order chi connectivity index (χ1) is 10.5. The summed E-state index contributed by atoms with van der Waals surface area (Å²) in [5.41, 5.74) is 4.26. The molecule has 2 atom stereocenters. The summed E-state index contributed by atoms with van der Waals surface area (Å²) in [4.78, 5) is 12.1. The first kappa shape index (κ1) is 14.3. The third-order valence-corrected chi connectivity index (χ3v) is 4.24. The van der Waals surface area contributed by atoms with Gasteiger partial charge in [-0.1, -0.05) is 30.3 Å². The Morgan fingerprint density at radius 1 is 1.27 bits per heavy atom. The molecule has 2 heterocycles. The van der Waals surface area contributed by atoms with E-state index < -0.39 is 0 Å². The van der Waals surface area contributed by atoms with Gasteiger partial charge in [-0.3, -0.25) is 9.80 Å². The van der Waals surface area contributed by atoms with Gasteiger partial charge >= 0.3 is 0 Å². The highest BCUT2D eigenvalue weighted by Gasteiger charge is 2.44. The van der Waals surface area contributed by atoms with Crippen molar-refractivity contribution in [1.82, 2.24) is 5.01 Å². The molecule has 4 nitrogen and oxygen atoms in total. The maximum absolute atomic E-state index is 12.1. The zero-order valence-electron chi connectivity index (χ0n) is 12.9. The molecular formula is C18H17N3O. The molecule has 0 saturated carbocycles. The fourth-order valence-electron chi connectivity index (χ4n) is 3.23. The van der Waals surface area contributed by atoms with Crippen LogP contribution >= 0.6 is 0 Å². The lowest BCUT2D eigenvalue weighted by Crippen LogP contribution is -2.39. The summed E-state index contributed by atoms with van der Waals surface area (Å²) in [5, 5.41) is 15.9. The number of nitriles is 1. The van der Waals surface area contributed by atoms with Crippen molar-refractivity contribution in [2.45, 2.75) is 26.8 Å². The average Bonchev–Trinajstić information content (AvgIpc) is 2.84. The largest absolute Gasteiger partial charge is 0.299 e. The zero-order chi connectivity index (χ0) is 15.9. The van der Waals surface area contributed by atoms with Gasteiger partial charge < -0.3 is 0 Å². The van der Waals surface area contributed by atoms with E-state index in [1.807, 2.05) is 55.3 Å². The summed E-state index contributed by atoms with van der Waals surface area (Å²) in [5.74, 6) is -0.305. The maximum Gasteiger partial charge on any atom is 0.141 e. The van der Waals surface area contributed by atoms with Crippen molar-refractivity contribution >= 4 is 17.2 Å². The van der Waals surface area contributed by atoms with Gasteiger partial charge in [0.15, 0.2) is 0 Å². The van der Waals surface area contributed by atoms with Crippen LogP contribution in [0.15, 0.2) is 52.7 Å². The summed E-state index contributed by atoms with van der Waals surface area (Å²) in [6, 6.07) is 11.9. The number of benzene rings is 1. The lowest BCUT2D eigenvalue weighted by Gasteiger charge is -2.32. The molecule has 2 aliphatic heterocycles. The fourth-order valence-corrected chi connectivity index (χ4v) is 3.23. The van der Waals surface area contributed by atoms with Gasteiger partial charge in [-0.25, -0.2) is 0 Å². The first-order valence-corrected chi connectivity index (χ1v) is 7.27. The summed E-state index contributed by atoms with van der Waals surface area (Å²) in [7, 11) is 0. The number of nitrogens with zero attached hydrogens (tertiary/aromatic N) is 3. The summed E-state index contributed by atoms with van der Waals surface area (Å²) < 4.78 is 0. The monoisotopic (exact) mass is 291 g/mol. The van der Waals surface area contributed by atoms with Crippen LogP contribution in [0.3, 0.4) is 0 Å². The minimum absolute atomic E-state index is 0.0450. The Hall–Kier alpha value is -2.67. The molecule has 1 aromatic rings. The van der Waals surface area contributed by atoms with E-state index in [0.717, 1.165) is 22.5 Å². The number of hydrogen-bond donors (Lipinski definition) is 0. The Morgan fingerprint density at radius 3 is 2.55 bits per heavy atom. The Morgan fingerprint density at radius 2 is 1.95 bits per heavy atom. The summed E-state index contributed by atoms with van der Waals surface area (Å²) in [6.07, 6.45) is 1.98. The highest BCUT2D eigenvalue weighted by atomic mass is 16.1. The van der Waals surface area contributed by atoms with Crippen molar-refractivity contribution in [2.24, 2.45) is 11.0 Å². The molecule has 2 unspecified atom stereocenters. The molecule has 4 heteroatoms. The molecule has 0 bridgehead atoms. The van der Waals surface area contributed by atoms with Crippen LogP contribution < -0.4 is 0 Å². The molecule has 3 rings (SSSR count). The predicted molar refractivity (Wildman–Crippen MR) is 85.6 cm³/mol. The number of Topliss-reactive ketones (excluding diaryl/α,β-unsaturated/α-hetero) is 1. The highest BCUT2D eigenvalue weighted by molar-refractivity contribution is 6.06. The fraction of sp³-hybridized carbons (Fsp3) is 0.278. The van der Waals surface area contributed by atoms with E-state index in [-0.39, 0.29) is 17.7 Å². The van der Waals surface area contributed by atoms with Gasteiger partial charge in [0.05, 0.1) is 23.3 Å². The second kappa shape index (κ2) is 5.27. The first-order valence-electron chi connectivity index (χ1n) is 7.27. The van der Waals surface area contributed by atoms with Crippen LogP contribution in [-0.4, -0.2) is 22.5 Å². The minimum Gasteiger partial charge on any atom is -0.299 e. The molecule has 22 heavy (non-hydrogen) atoms. The van der Waals surface area contributed by atoms with Crippen LogP contribution in [0.1, 0.15) is 26.3 Å². The Labute approximate surface area is 130 Å². The molecule has 1 aromatic carbocycles. The lowest BCUT2D eigenvalue weighted by molar-refractivity contribution is -0.119. The van der Waals surface area contributed by atoms with Gasteiger partial charge in [-0.05, 0) is 38.0 Å². The molecular weight excluding hydrogens is 274 g/mol. The van der Waals surface area contributed by atoms with Crippen LogP contribution in [-0.2, 0) is 4.79 Å². The molecule has 0 spiro atoms. The van der Waals surface area contributed by atoms with Gasteiger partial charge in [0, 0.05) is 5.71 Å². The Kier molecular flexibility index (Phi) is 3.42. The van der Waals surface area contributed by atoms with Crippen molar-refractivity contribution < 1.29 is 4.79 Å². The van der Waals surface area contributed by atoms with Crippen molar-refractivity contribution in [1.29, 1.82) is 5.26 Å². The zero-order valence-corrected chi connectivity index (χ0v) is 12.9. The van der Waals surface area contributed by atoms with E-state index in [4.69, 9.17) is 0 Å². The normalized spacial score (nSPS) is 23.6. The number of ketones is 1. The van der Waals surface area contributed by atoms with Crippen molar-refractivity contribution in [3.05, 3.63) is 53.1 Å². The average molecular weight is 291 g/mol. The van der Waals surface area contributed by atoms with Crippen molar-refractivity contribution in [3.63, 3.8) is 0 Å². The smallest absolute Gasteiger partial charge is 0.141 e. The molecule has 110 valence electrons. The standard InChI is InChI=1S/C18H17N3O/c1-11-9-16(14-7-5-4-6-8-14)21-18(15(11)10-19)17(13(3)22)12(2)20-21/h4-9,17-18H,1-3H3. The van der Waals surface area contributed by atoms with Crippen LogP contribution in [0.5, 0.6) is 0 Å².